The molecule has 0 atom stereocenters. The molecule has 0 radical (unpaired) electrons. The van der Waals surface area contributed by atoms with E-state index in [1.54, 1.807) is 7.11 Å². The van der Waals surface area contributed by atoms with Crippen LogP contribution in [0.15, 0.2) is 12.1 Å². The molecule has 1 amide bonds. The summed E-state index contributed by atoms with van der Waals surface area (Å²) in [4.78, 5) is 12.2. The van der Waals surface area contributed by atoms with Crippen LogP contribution in [0.2, 0.25) is 24.7 Å². The largest absolute Gasteiger partial charge is 0.495 e. The first kappa shape index (κ1) is 15.1. The summed E-state index contributed by atoms with van der Waals surface area (Å²) in [5.41, 5.74) is 0.567. The van der Waals surface area contributed by atoms with Crippen molar-refractivity contribution in [3.63, 3.8) is 0 Å². The highest BCUT2D eigenvalue weighted by molar-refractivity contribution is 6.89. The molecule has 0 aliphatic rings. The zero-order chi connectivity index (χ0) is 13.9. The lowest BCUT2D eigenvalue weighted by atomic mass is 10.2. The summed E-state index contributed by atoms with van der Waals surface area (Å²) in [6.07, 6.45) is 0. The Hall–Kier alpha value is -1.00. The van der Waals surface area contributed by atoms with Gasteiger partial charge in [-0.15, -0.1) is 0 Å². The van der Waals surface area contributed by atoms with Gasteiger partial charge < -0.3 is 10.1 Å². The number of carbonyl (C=O) groups excluding carboxylic acids is 1. The molecule has 0 saturated carbocycles. The molecule has 0 aliphatic carbocycles. The van der Waals surface area contributed by atoms with Gasteiger partial charge in [-0.2, -0.15) is 0 Å². The van der Waals surface area contributed by atoms with Gasteiger partial charge in [0.15, 0.2) is 0 Å². The van der Waals surface area contributed by atoms with Crippen LogP contribution in [-0.2, 0) is 0 Å². The Bertz CT molecular complexity index is 455. The van der Waals surface area contributed by atoms with Crippen LogP contribution in [0.4, 0.5) is 0 Å². The molecular weight excluding hydrogens is 266 g/mol. The van der Waals surface area contributed by atoms with Crippen LogP contribution in [0.3, 0.4) is 0 Å². The molecule has 0 spiro atoms. The van der Waals surface area contributed by atoms with E-state index in [9.17, 15) is 4.79 Å². The number of hydrogen-bond donors (Lipinski definition) is 1. The molecule has 1 aromatic carbocycles. The molecule has 1 rings (SSSR count). The third-order valence-corrected chi connectivity index (χ3v) is 5.11. The summed E-state index contributed by atoms with van der Waals surface area (Å²) in [5.74, 6) is 0.416. The Balaban J connectivity index is 3.45. The third-order valence-electron chi connectivity index (χ3n) is 2.70. The van der Waals surface area contributed by atoms with Crippen molar-refractivity contribution >= 4 is 30.8 Å². The highest BCUT2D eigenvalue weighted by Crippen LogP contribution is 2.28. The average molecular weight is 286 g/mol. The van der Waals surface area contributed by atoms with Crippen molar-refractivity contribution in [1.82, 2.24) is 5.32 Å². The molecule has 0 aromatic heterocycles. The Morgan fingerprint density at radius 1 is 1.39 bits per heavy atom. The van der Waals surface area contributed by atoms with Crippen molar-refractivity contribution in [1.29, 1.82) is 0 Å². The highest BCUT2D eigenvalue weighted by Gasteiger charge is 2.27. The molecule has 0 bridgehead atoms. The van der Waals surface area contributed by atoms with Crippen molar-refractivity contribution in [3.8, 4) is 5.75 Å². The van der Waals surface area contributed by atoms with Gasteiger partial charge in [-0.3, -0.25) is 4.79 Å². The van der Waals surface area contributed by atoms with E-state index >= 15 is 0 Å². The van der Waals surface area contributed by atoms with E-state index in [0.29, 0.717) is 22.9 Å². The van der Waals surface area contributed by atoms with Gasteiger partial charge in [-0.05, 0) is 18.2 Å². The van der Waals surface area contributed by atoms with E-state index < -0.39 is 8.07 Å². The predicted octanol–water partition coefficient (Wildman–Crippen LogP) is 2.64. The summed E-state index contributed by atoms with van der Waals surface area (Å²) >= 11 is 6.29. The van der Waals surface area contributed by atoms with E-state index in [1.807, 2.05) is 19.1 Å². The highest BCUT2D eigenvalue weighted by atomic mass is 35.5. The van der Waals surface area contributed by atoms with E-state index in [-0.39, 0.29) is 5.91 Å². The first-order valence-corrected chi connectivity index (χ1v) is 9.85. The maximum Gasteiger partial charge on any atom is 0.252 e. The fraction of sp³-hybridized carbons (Fsp3) is 0.462. The van der Waals surface area contributed by atoms with Gasteiger partial charge in [0.1, 0.15) is 5.75 Å². The minimum atomic E-state index is -1.64. The second-order valence-electron chi connectivity index (χ2n) is 5.11. The van der Waals surface area contributed by atoms with E-state index in [0.717, 1.165) is 5.19 Å². The quantitative estimate of drug-likeness (QED) is 0.864. The van der Waals surface area contributed by atoms with Crippen LogP contribution >= 0.6 is 11.6 Å². The Morgan fingerprint density at radius 3 is 2.44 bits per heavy atom. The molecule has 0 heterocycles. The summed E-state index contributed by atoms with van der Waals surface area (Å²) in [6, 6.07) is 3.79. The number of rotatable bonds is 4. The van der Waals surface area contributed by atoms with Gasteiger partial charge in [0, 0.05) is 6.54 Å². The molecule has 0 saturated heterocycles. The molecule has 0 fully saturated rings. The monoisotopic (exact) mass is 285 g/mol. The van der Waals surface area contributed by atoms with Crippen LogP contribution < -0.4 is 15.2 Å². The van der Waals surface area contributed by atoms with Crippen molar-refractivity contribution in [3.05, 3.63) is 22.7 Å². The van der Waals surface area contributed by atoms with E-state index in [2.05, 4.69) is 25.0 Å². The van der Waals surface area contributed by atoms with E-state index in [4.69, 9.17) is 16.3 Å². The lowest BCUT2D eigenvalue weighted by Crippen LogP contribution is -2.43. The van der Waals surface area contributed by atoms with E-state index in [1.165, 1.54) is 0 Å². The average Bonchev–Trinajstić information content (AvgIpc) is 2.27. The molecule has 5 heteroatoms. The number of amides is 1. The fourth-order valence-electron chi connectivity index (χ4n) is 1.81. The maximum absolute atomic E-state index is 12.2. The maximum atomic E-state index is 12.2. The van der Waals surface area contributed by atoms with Crippen LogP contribution in [0.25, 0.3) is 0 Å². The van der Waals surface area contributed by atoms with Gasteiger partial charge in [0.2, 0.25) is 0 Å². The smallest absolute Gasteiger partial charge is 0.252 e. The lowest BCUT2D eigenvalue weighted by molar-refractivity contribution is 0.0956. The van der Waals surface area contributed by atoms with Crippen molar-refractivity contribution in [2.45, 2.75) is 26.6 Å². The SMILES string of the molecule is CCNC(=O)c1c([Si](C)(C)C)ccc(OC)c1Cl. The Kier molecular flexibility index (Phi) is 4.82. The second kappa shape index (κ2) is 5.76. The van der Waals surface area contributed by atoms with Crippen molar-refractivity contribution in [2.75, 3.05) is 13.7 Å². The number of benzene rings is 1. The van der Waals surface area contributed by atoms with Gasteiger partial charge in [-0.1, -0.05) is 37.3 Å². The van der Waals surface area contributed by atoms with Gasteiger partial charge >= 0.3 is 0 Å². The van der Waals surface area contributed by atoms with Gasteiger partial charge in [0.25, 0.3) is 5.91 Å². The van der Waals surface area contributed by atoms with Gasteiger partial charge in [0.05, 0.1) is 25.8 Å². The molecule has 100 valence electrons. The summed E-state index contributed by atoms with van der Waals surface area (Å²) < 4.78 is 5.19. The topological polar surface area (TPSA) is 38.3 Å². The molecule has 18 heavy (non-hydrogen) atoms. The Labute approximate surface area is 114 Å². The van der Waals surface area contributed by atoms with Crippen LogP contribution in [0, 0.1) is 0 Å². The molecule has 1 N–H and O–H groups in total. The minimum Gasteiger partial charge on any atom is -0.495 e. The fourth-order valence-corrected chi connectivity index (χ4v) is 3.79. The molecular formula is C13H20ClNO2Si. The second-order valence-corrected chi connectivity index (χ2v) is 10.5. The minimum absolute atomic E-state index is 0.126. The van der Waals surface area contributed by atoms with Crippen LogP contribution in [-0.4, -0.2) is 27.6 Å². The number of halogens is 1. The standard InChI is InChI=1S/C13H20ClNO2Si/c1-6-15-13(16)11-10(18(3,4)5)8-7-9(17-2)12(11)14/h7-8H,6H2,1-5H3,(H,15,16). The zero-order valence-corrected chi connectivity index (χ0v) is 13.3. The zero-order valence-electron chi connectivity index (χ0n) is 11.6. The van der Waals surface area contributed by atoms with Gasteiger partial charge in [-0.25, -0.2) is 0 Å². The number of carbonyl (C=O) groups is 1. The number of hydrogen-bond acceptors (Lipinski definition) is 2. The normalized spacial score (nSPS) is 11.2. The molecule has 0 aliphatic heterocycles. The summed E-state index contributed by atoms with van der Waals surface area (Å²) in [7, 11) is -0.0851. The number of nitrogens with one attached hydrogen (secondary N) is 1. The third kappa shape index (κ3) is 3.06. The molecule has 3 nitrogen and oxygen atoms in total. The first-order chi connectivity index (χ1) is 8.32. The molecule has 1 aromatic rings. The van der Waals surface area contributed by atoms with Crippen LogP contribution in [0.5, 0.6) is 5.75 Å². The Morgan fingerprint density at radius 2 is 2.00 bits per heavy atom. The first-order valence-electron chi connectivity index (χ1n) is 5.98. The van der Waals surface area contributed by atoms with Crippen molar-refractivity contribution < 1.29 is 9.53 Å². The van der Waals surface area contributed by atoms with Crippen LogP contribution in [0.1, 0.15) is 17.3 Å². The summed E-state index contributed by atoms with van der Waals surface area (Å²) in [6.45, 7) is 9.03. The van der Waals surface area contributed by atoms with Crippen molar-refractivity contribution in [2.24, 2.45) is 0 Å². The number of ether oxygens (including phenoxy) is 1. The summed E-state index contributed by atoms with van der Waals surface area (Å²) in [5, 5.41) is 4.27. The number of methoxy groups -OCH3 is 1. The lowest BCUT2D eigenvalue weighted by Gasteiger charge is -2.22. The predicted molar refractivity (Wildman–Crippen MR) is 79.0 cm³/mol. The molecule has 0 unspecified atom stereocenters.